The highest BCUT2D eigenvalue weighted by molar-refractivity contribution is 5.92. The van der Waals surface area contributed by atoms with Crippen LogP contribution in [-0.4, -0.2) is 17.0 Å². The molecule has 0 aromatic rings. The molecule has 0 amide bonds. The van der Waals surface area contributed by atoms with E-state index in [0.717, 1.165) is 38.0 Å². The Morgan fingerprint density at radius 1 is 1.07 bits per heavy atom. The minimum atomic E-state index is -0.140. The maximum absolute atomic E-state index is 12.0. The first-order valence-electron chi connectivity index (χ1n) is 11.4. The summed E-state index contributed by atoms with van der Waals surface area (Å²) in [4.78, 5) is 12.0. The van der Waals surface area contributed by atoms with E-state index in [4.69, 9.17) is 0 Å². The van der Waals surface area contributed by atoms with Crippen LogP contribution in [0.1, 0.15) is 98.3 Å². The van der Waals surface area contributed by atoms with Crippen LogP contribution in [0.25, 0.3) is 0 Å². The van der Waals surface area contributed by atoms with Gasteiger partial charge in [0.2, 0.25) is 0 Å². The molecule has 2 heteroatoms. The highest BCUT2D eigenvalue weighted by Gasteiger charge is 2.60. The van der Waals surface area contributed by atoms with Crippen LogP contribution in [0.2, 0.25) is 0 Å². The van der Waals surface area contributed by atoms with Gasteiger partial charge in [-0.05, 0) is 74.2 Å². The van der Waals surface area contributed by atoms with Crippen LogP contribution in [0.15, 0.2) is 22.8 Å². The zero-order valence-corrected chi connectivity index (χ0v) is 17.9. The number of hydrogen-bond acceptors (Lipinski definition) is 2. The molecular weight excluding hydrogens is 332 g/mol. The third kappa shape index (κ3) is 2.89. The van der Waals surface area contributed by atoms with E-state index in [1.165, 1.54) is 37.7 Å². The molecule has 0 aromatic carbocycles. The molecule has 27 heavy (non-hydrogen) atoms. The molecule has 4 aliphatic rings. The molecule has 0 aromatic heterocycles. The van der Waals surface area contributed by atoms with Gasteiger partial charge >= 0.3 is 0 Å². The highest BCUT2D eigenvalue weighted by Crippen LogP contribution is 2.69. The Hall–Kier alpha value is -0.890. The number of aliphatic hydroxyl groups excluding tert-OH is 1. The third-order valence-corrected chi connectivity index (χ3v) is 8.99. The molecule has 0 radical (unpaired) electrons. The van der Waals surface area contributed by atoms with E-state index in [2.05, 4.69) is 27.7 Å². The standard InChI is InChI=1S/C25H38O2/c1-17(2)6-5-11-25-13-10-21-22(24(25,4)15-20(27)16-25)8-7-18-14-19(26)9-12-23(18,21)3/h14,17,20,27H,5-13,15-16H2,1-4H3/t20-,23?,24+,25?/m1/s1. The second-order valence-electron chi connectivity index (χ2n) is 10.9. The summed E-state index contributed by atoms with van der Waals surface area (Å²) in [5.74, 6) is 1.09. The Labute approximate surface area is 165 Å². The van der Waals surface area contributed by atoms with E-state index in [1.54, 1.807) is 11.1 Å². The predicted molar refractivity (Wildman–Crippen MR) is 110 cm³/mol. The van der Waals surface area contributed by atoms with Crippen molar-refractivity contribution in [2.45, 2.75) is 104 Å². The lowest BCUT2D eigenvalue weighted by Gasteiger charge is -2.56. The molecule has 1 N–H and O–H groups in total. The monoisotopic (exact) mass is 370 g/mol. The molecule has 4 aliphatic carbocycles. The fourth-order valence-corrected chi connectivity index (χ4v) is 7.40. The number of rotatable bonds is 4. The number of fused-ring (bicyclic) bond motifs is 4. The first-order valence-corrected chi connectivity index (χ1v) is 11.4. The van der Waals surface area contributed by atoms with Crippen LogP contribution in [0, 0.1) is 22.2 Å². The fourth-order valence-electron chi connectivity index (χ4n) is 7.40. The minimum Gasteiger partial charge on any atom is -0.393 e. The van der Waals surface area contributed by atoms with Crippen molar-refractivity contribution in [1.29, 1.82) is 0 Å². The van der Waals surface area contributed by atoms with Gasteiger partial charge in [-0.2, -0.15) is 0 Å². The molecule has 4 rings (SSSR count). The van der Waals surface area contributed by atoms with E-state index in [9.17, 15) is 9.90 Å². The summed E-state index contributed by atoms with van der Waals surface area (Å²) < 4.78 is 0. The average molecular weight is 371 g/mol. The van der Waals surface area contributed by atoms with Gasteiger partial charge in [-0.3, -0.25) is 4.79 Å². The van der Waals surface area contributed by atoms with Crippen LogP contribution in [0.4, 0.5) is 0 Å². The van der Waals surface area contributed by atoms with E-state index in [-0.39, 0.29) is 16.9 Å². The summed E-state index contributed by atoms with van der Waals surface area (Å²) in [6, 6.07) is 0. The minimum absolute atomic E-state index is 0.113. The third-order valence-electron chi connectivity index (χ3n) is 8.99. The summed E-state index contributed by atoms with van der Waals surface area (Å²) in [6.45, 7) is 9.53. The van der Waals surface area contributed by atoms with Crippen LogP contribution in [-0.2, 0) is 4.79 Å². The summed E-state index contributed by atoms with van der Waals surface area (Å²) in [5.41, 5.74) is 5.30. The van der Waals surface area contributed by atoms with Gasteiger partial charge in [-0.25, -0.2) is 0 Å². The van der Waals surface area contributed by atoms with Crippen LogP contribution >= 0.6 is 0 Å². The molecular formula is C25H38O2. The van der Waals surface area contributed by atoms with Gasteiger partial charge in [0.1, 0.15) is 0 Å². The van der Waals surface area contributed by atoms with Gasteiger partial charge in [0.15, 0.2) is 5.78 Å². The fraction of sp³-hybridized carbons (Fsp3) is 0.800. The number of hydrogen-bond donors (Lipinski definition) is 1. The Balaban J connectivity index is 1.72. The van der Waals surface area contributed by atoms with Crippen molar-refractivity contribution in [3.8, 4) is 0 Å². The molecule has 1 fully saturated rings. The molecule has 0 aliphatic heterocycles. The van der Waals surface area contributed by atoms with Crippen molar-refractivity contribution in [2.75, 3.05) is 0 Å². The zero-order valence-electron chi connectivity index (χ0n) is 17.9. The number of aliphatic hydroxyl groups is 1. The van der Waals surface area contributed by atoms with Crippen molar-refractivity contribution >= 4 is 5.78 Å². The van der Waals surface area contributed by atoms with Crippen molar-refractivity contribution in [3.63, 3.8) is 0 Å². The molecule has 4 atom stereocenters. The lowest BCUT2D eigenvalue weighted by molar-refractivity contribution is -0.115. The quantitative estimate of drug-likeness (QED) is 0.603. The van der Waals surface area contributed by atoms with Crippen LogP contribution in [0.5, 0.6) is 0 Å². The number of ketones is 1. The maximum Gasteiger partial charge on any atom is 0.155 e. The van der Waals surface area contributed by atoms with Gasteiger partial charge in [-0.1, -0.05) is 57.3 Å². The second-order valence-corrected chi connectivity index (χ2v) is 10.9. The predicted octanol–water partition coefficient (Wildman–Crippen LogP) is 6.14. The summed E-state index contributed by atoms with van der Waals surface area (Å²) >= 11 is 0. The van der Waals surface area contributed by atoms with Gasteiger partial charge in [0.05, 0.1) is 6.10 Å². The van der Waals surface area contributed by atoms with Crippen molar-refractivity contribution in [3.05, 3.63) is 22.8 Å². The number of carbonyl (C=O) groups is 1. The molecule has 0 bridgehead atoms. The Bertz CT molecular complexity index is 699. The largest absolute Gasteiger partial charge is 0.393 e. The first kappa shape index (κ1) is 19.4. The van der Waals surface area contributed by atoms with Gasteiger partial charge in [0, 0.05) is 11.8 Å². The first-order chi connectivity index (χ1) is 12.7. The Morgan fingerprint density at radius 3 is 2.59 bits per heavy atom. The van der Waals surface area contributed by atoms with E-state index in [1.807, 2.05) is 6.08 Å². The van der Waals surface area contributed by atoms with E-state index >= 15 is 0 Å². The highest BCUT2D eigenvalue weighted by atomic mass is 16.3. The molecule has 0 heterocycles. The topological polar surface area (TPSA) is 37.3 Å². The Kier molecular flexibility index (Phi) is 4.73. The zero-order chi connectivity index (χ0) is 19.4. The van der Waals surface area contributed by atoms with Gasteiger partial charge in [0.25, 0.3) is 0 Å². The number of carbonyl (C=O) groups excluding carboxylic acids is 1. The van der Waals surface area contributed by atoms with Crippen LogP contribution < -0.4 is 0 Å². The maximum atomic E-state index is 12.0. The SMILES string of the molecule is CC(C)CCCC12CCC3=C(CCC4=CC(=O)CCC43C)[C@]1(C)C[C@@H](O)C2. The molecule has 0 spiro atoms. The lowest BCUT2D eigenvalue weighted by Crippen LogP contribution is -2.45. The average Bonchev–Trinajstić information content (AvgIpc) is 2.85. The van der Waals surface area contributed by atoms with Crippen molar-refractivity contribution < 1.29 is 9.90 Å². The Morgan fingerprint density at radius 2 is 1.85 bits per heavy atom. The molecule has 2 nitrogen and oxygen atoms in total. The van der Waals surface area contributed by atoms with Gasteiger partial charge < -0.3 is 5.11 Å². The molecule has 2 unspecified atom stereocenters. The van der Waals surface area contributed by atoms with Gasteiger partial charge in [-0.15, -0.1) is 0 Å². The number of allylic oxidation sites excluding steroid dienone is 4. The normalized spacial score (nSPS) is 41.3. The van der Waals surface area contributed by atoms with E-state index in [0.29, 0.717) is 17.6 Å². The molecule has 150 valence electrons. The smallest absolute Gasteiger partial charge is 0.155 e. The summed E-state index contributed by atoms with van der Waals surface area (Å²) in [5, 5.41) is 10.7. The molecule has 0 saturated heterocycles. The summed E-state index contributed by atoms with van der Waals surface area (Å²) in [6.07, 6.45) is 13.9. The second kappa shape index (κ2) is 6.58. The van der Waals surface area contributed by atoms with Crippen molar-refractivity contribution in [1.82, 2.24) is 0 Å². The van der Waals surface area contributed by atoms with Crippen molar-refractivity contribution in [2.24, 2.45) is 22.2 Å². The summed E-state index contributed by atoms with van der Waals surface area (Å²) in [7, 11) is 0. The van der Waals surface area contributed by atoms with Crippen LogP contribution in [0.3, 0.4) is 0 Å². The molecule has 1 saturated carbocycles. The lowest BCUT2D eigenvalue weighted by atomic mass is 9.48. The van der Waals surface area contributed by atoms with E-state index < -0.39 is 0 Å².